The standard InChI is InChI=1S/C28H18Cl2N4O6/c29-20-9-14-23(24(30)15-20)27(36)32-21-10-5-17(6-11-21)26(35)33-31-16-19-3-1-2-4-25(19)40-28(37)18-7-12-22(13-8-18)34(38)39/h1-16H,(H,32,36)(H,33,35)/b31-16-. The predicted molar refractivity (Wildman–Crippen MR) is 150 cm³/mol. The van der Waals surface area contributed by atoms with Crippen LogP contribution in [0, 0.1) is 10.1 Å². The summed E-state index contributed by atoms with van der Waals surface area (Å²) in [6.07, 6.45) is 1.31. The number of amides is 2. The number of hydrogen-bond donors (Lipinski definition) is 2. The fourth-order valence-corrected chi connectivity index (χ4v) is 3.85. The first-order valence-corrected chi connectivity index (χ1v) is 12.2. The van der Waals surface area contributed by atoms with Gasteiger partial charge in [0.05, 0.1) is 27.3 Å². The smallest absolute Gasteiger partial charge is 0.343 e. The van der Waals surface area contributed by atoms with Gasteiger partial charge < -0.3 is 10.1 Å². The molecule has 0 bridgehead atoms. The Morgan fingerprint density at radius 3 is 2.20 bits per heavy atom. The van der Waals surface area contributed by atoms with E-state index in [1.807, 2.05) is 0 Å². The number of anilines is 1. The van der Waals surface area contributed by atoms with Crippen molar-refractivity contribution < 1.29 is 24.0 Å². The Balaban J connectivity index is 1.36. The van der Waals surface area contributed by atoms with Crippen LogP contribution in [0.5, 0.6) is 5.75 Å². The van der Waals surface area contributed by atoms with Gasteiger partial charge in [-0.25, -0.2) is 10.2 Å². The van der Waals surface area contributed by atoms with Crippen LogP contribution in [0.15, 0.2) is 96.1 Å². The molecular formula is C28H18Cl2N4O6. The Kier molecular flexibility index (Phi) is 8.85. The highest BCUT2D eigenvalue weighted by Crippen LogP contribution is 2.23. The van der Waals surface area contributed by atoms with E-state index in [0.29, 0.717) is 16.3 Å². The molecule has 10 nitrogen and oxygen atoms in total. The zero-order valence-corrected chi connectivity index (χ0v) is 21.8. The van der Waals surface area contributed by atoms with Crippen molar-refractivity contribution in [3.05, 3.63) is 133 Å². The third-order valence-corrected chi connectivity index (χ3v) is 5.93. The minimum absolute atomic E-state index is 0.126. The molecule has 40 heavy (non-hydrogen) atoms. The first kappa shape index (κ1) is 28.0. The molecule has 0 aromatic heterocycles. The van der Waals surface area contributed by atoms with Crippen molar-refractivity contribution in [1.29, 1.82) is 0 Å². The molecule has 0 fully saturated rings. The molecule has 0 aliphatic heterocycles. The average Bonchev–Trinajstić information content (AvgIpc) is 2.94. The number of nitro groups is 1. The summed E-state index contributed by atoms with van der Waals surface area (Å²) in [4.78, 5) is 47.7. The summed E-state index contributed by atoms with van der Waals surface area (Å²) in [6, 6.07) is 22.1. The lowest BCUT2D eigenvalue weighted by molar-refractivity contribution is -0.384. The van der Waals surface area contributed by atoms with Crippen LogP contribution >= 0.6 is 23.2 Å². The molecule has 0 spiro atoms. The van der Waals surface area contributed by atoms with E-state index in [9.17, 15) is 24.5 Å². The molecule has 200 valence electrons. The molecule has 0 atom stereocenters. The second kappa shape index (κ2) is 12.7. The average molecular weight is 577 g/mol. The SMILES string of the molecule is O=C(N/N=C\c1ccccc1OC(=O)c1ccc([N+](=O)[O-])cc1)c1ccc(NC(=O)c2ccc(Cl)cc2Cl)cc1. The topological polar surface area (TPSA) is 140 Å². The number of halogens is 2. The fraction of sp³-hybridized carbons (Fsp3) is 0. The monoisotopic (exact) mass is 576 g/mol. The summed E-state index contributed by atoms with van der Waals surface area (Å²) in [5.41, 5.74) is 3.73. The molecule has 0 aliphatic carbocycles. The summed E-state index contributed by atoms with van der Waals surface area (Å²) in [5, 5.41) is 18.0. The van der Waals surface area contributed by atoms with Gasteiger partial charge in [-0.15, -0.1) is 0 Å². The van der Waals surface area contributed by atoms with Crippen molar-refractivity contribution in [3.8, 4) is 5.75 Å². The van der Waals surface area contributed by atoms with Gasteiger partial charge in [-0.05, 0) is 66.7 Å². The number of non-ortho nitro benzene ring substituents is 1. The maximum absolute atomic E-state index is 12.5. The van der Waals surface area contributed by atoms with Gasteiger partial charge >= 0.3 is 5.97 Å². The quantitative estimate of drug-likeness (QED) is 0.0848. The van der Waals surface area contributed by atoms with E-state index < -0.39 is 22.7 Å². The Morgan fingerprint density at radius 1 is 0.850 bits per heavy atom. The molecule has 2 N–H and O–H groups in total. The number of nitro benzene ring substituents is 1. The first-order chi connectivity index (χ1) is 19.2. The Hall–Kier alpha value is -5.06. The highest BCUT2D eigenvalue weighted by molar-refractivity contribution is 6.37. The van der Waals surface area contributed by atoms with Crippen molar-refractivity contribution in [2.75, 3.05) is 5.32 Å². The van der Waals surface area contributed by atoms with E-state index >= 15 is 0 Å². The molecule has 0 aliphatic rings. The van der Waals surface area contributed by atoms with Crippen LogP contribution in [-0.2, 0) is 0 Å². The molecule has 0 saturated heterocycles. The summed E-state index contributed by atoms with van der Waals surface area (Å²) >= 11 is 11.9. The number of nitrogens with one attached hydrogen (secondary N) is 2. The number of benzene rings is 4. The van der Waals surface area contributed by atoms with Gasteiger partial charge in [-0.3, -0.25) is 19.7 Å². The van der Waals surface area contributed by atoms with Crippen molar-refractivity contribution >= 4 is 58.6 Å². The number of para-hydroxylation sites is 1. The van der Waals surface area contributed by atoms with Gasteiger partial charge in [-0.2, -0.15) is 5.10 Å². The summed E-state index contributed by atoms with van der Waals surface area (Å²) in [5.74, 6) is -1.50. The molecule has 4 rings (SSSR count). The molecular weight excluding hydrogens is 559 g/mol. The van der Waals surface area contributed by atoms with E-state index in [2.05, 4.69) is 15.8 Å². The number of rotatable bonds is 8. The van der Waals surface area contributed by atoms with Crippen LogP contribution in [0.1, 0.15) is 36.6 Å². The van der Waals surface area contributed by atoms with Gasteiger partial charge in [0.2, 0.25) is 0 Å². The van der Waals surface area contributed by atoms with Gasteiger partial charge in [0.1, 0.15) is 5.75 Å². The number of nitrogens with zero attached hydrogens (tertiary/aromatic N) is 2. The van der Waals surface area contributed by atoms with Gasteiger partial charge in [0.25, 0.3) is 17.5 Å². The normalized spacial score (nSPS) is 10.7. The van der Waals surface area contributed by atoms with Gasteiger partial charge in [0, 0.05) is 34.0 Å². The van der Waals surface area contributed by atoms with Crippen LogP contribution in [0.2, 0.25) is 10.0 Å². The highest BCUT2D eigenvalue weighted by atomic mass is 35.5. The fourth-order valence-electron chi connectivity index (χ4n) is 3.36. The maximum atomic E-state index is 12.5. The first-order valence-electron chi connectivity index (χ1n) is 11.5. The van der Waals surface area contributed by atoms with E-state index in [1.165, 1.54) is 60.8 Å². The molecule has 0 radical (unpaired) electrons. The van der Waals surface area contributed by atoms with Crippen LogP contribution < -0.4 is 15.5 Å². The largest absolute Gasteiger partial charge is 0.422 e. The van der Waals surface area contributed by atoms with Crippen molar-refractivity contribution in [2.24, 2.45) is 5.10 Å². The third kappa shape index (κ3) is 7.07. The van der Waals surface area contributed by atoms with E-state index in [0.717, 1.165) is 0 Å². The lowest BCUT2D eigenvalue weighted by Gasteiger charge is -2.08. The second-order valence-electron chi connectivity index (χ2n) is 8.09. The molecule has 0 heterocycles. The van der Waals surface area contributed by atoms with E-state index in [4.69, 9.17) is 27.9 Å². The zero-order chi connectivity index (χ0) is 28.6. The lowest BCUT2D eigenvalue weighted by Crippen LogP contribution is -2.18. The number of ether oxygens (including phenoxy) is 1. The molecule has 0 saturated carbocycles. The van der Waals surface area contributed by atoms with Crippen LogP contribution in [-0.4, -0.2) is 28.9 Å². The molecule has 12 heteroatoms. The Morgan fingerprint density at radius 2 is 1.52 bits per heavy atom. The maximum Gasteiger partial charge on any atom is 0.343 e. The molecule has 2 amide bonds. The Labute approximate surface area is 237 Å². The summed E-state index contributed by atoms with van der Waals surface area (Å²) in [6.45, 7) is 0. The number of carbonyl (C=O) groups is 3. The zero-order valence-electron chi connectivity index (χ0n) is 20.3. The number of hydrazone groups is 1. The third-order valence-electron chi connectivity index (χ3n) is 5.39. The predicted octanol–water partition coefficient (Wildman–Crippen LogP) is 6.14. The number of esters is 1. The van der Waals surface area contributed by atoms with Gasteiger partial charge in [-0.1, -0.05) is 35.3 Å². The highest BCUT2D eigenvalue weighted by Gasteiger charge is 2.14. The molecule has 4 aromatic carbocycles. The lowest BCUT2D eigenvalue weighted by atomic mass is 10.1. The minimum atomic E-state index is -0.717. The molecule has 0 unspecified atom stereocenters. The number of hydrogen-bond acceptors (Lipinski definition) is 7. The van der Waals surface area contributed by atoms with Crippen molar-refractivity contribution in [1.82, 2.24) is 5.43 Å². The summed E-state index contributed by atoms with van der Waals surface area (Å²) in [7, 11) is 0. The molecule has 4 aromatic rings. The van der Waals surface area contributed by atoms with Crippen molar-refractivity contribution in [3.63, 3.8) is 0 Å². The van der Waals surface area contributed by atoms with E-state index in [1.54, 1.807) is 36.4 Å². The van der Waals surface area contributed by atoms with Crippen LogP contribution in [0.25, 0.3) is 0 Å². The van der Waals surface area contributed by atoms with Crippen LogP contribution in [0.3, 0.4) is 0 Å². The Bertz CT molecular complexity index is 1620. The number of carbonyl (C=O) groups excluding carboxylic acids is 3. The second-order valence-corrected chi connectivity index (χ2v) is 8.93. The van der Waals surface area contributed by atoms with Crippen molar-refractivity contribution in [2.45, 2.75) is 0 Å². The summed E-state index contributed by atoms with van der Waals surface area (Å²) < 4.78 is 5.40. The van der Waals surface area contributed by atoms with E-state index in [-0.39, 0.29) is 33.1 Å². The van der Waals surface area contributed by atoms with Crippen LogP contribution in [0.4, 0.5) is 11.4 Å². The van der Waals surface area contributed by atoms with Gasteiger partial charge in [0.15, 0.2) is 0 Å². The minimum Gasteiger partial charge on any atom is -0.422 e.